The minimum Gasteiger partial charge on any atom is -0.308 e. The highest BCUT2D eigenvalue weighted by atomic mass is 19.1. The first-order chi connectivity index (χ1) is 19.0. The molecule has 0 radical (unpaired) electrons. The van der Waals surface area contributed by atoms with Gasteiger partial charge in [0.1, 0.15) is 17.2 Å². The summed E-state index contributed by atoms with van der Waals surface area (Å²) in [6.45, 7) is 2.35. The molecule has 5 aromatic rings. The first kappa shape index (κ1) is 24.6. The molecule has 0 saturated heterocycles. The Hall–Kier alpha value is -4.78. The van der Waals surface area contributed by atoms with E-state index in [1.165, 1.54) is 12.1 Å². The molecule has 2 atom stereocenters. The van der Waals surface area contributed by atoms with Crippen LogP contribution in [0.1, 0.15) is 36.8 Å². The van der Waals surface area contributed by atoms with Crippen molar-refractivity contribution in [3.05, 3.63) is 131 Å². The van der Waals surface area contributed by atoms with Crippen molar-refractivity contribution in [2.45, 2.75) is 32.0 Å². The monoisotopic (exact) mass is 518 g/mol. The van der Waals surface area contributed by atoms with E-state index in [9.17, 15) is 14.0 Å². The van der Waals surface area contributed by atoms with Crippen molar-refractivity contribution in [2.24, 2.45) is 0 Å². The van der Waals surface area contributed by atoms with E-state index in [4.69, 9.17) is 0 Å². The summed E-state index contributed by atoms with van der Waals surface area (Å²) in [4.78, 5) is 33.8. The molecule has 6 rings (SSSR count). The predicted octanol–water partition coefficient (Wildman–Crippen LogP) is 6.94. The van der Waals surface area contributed by atoms with Crippen molar-refractivity contribution in [3.8, 4) is 11.1 Å². The molecule has 0 saturated carbocycles. The van der Waals surface area contributed by atoms with Crippen LogP contribution in [0.15, 0.2) is 108 Å². The van der Waals surface area contributed by atoms with Crippen molar-refractivity contribution in [2.75, 3.05) is 5.32 Å². The molecule has 6 nitrogen and oxygen atoms in total. The maximum absolute atomic E-state index is 14.7. The third kappa shape index (κ3) is 4.46. The first-order valence-corrected chi connectivity index (χ1v) is 13.0. The zero-order chi connectivity index (χ0) is 26.9. The molecule has 0 spiro atoms. The Balaban J connectivity index is 1.44. The Morgan fingerprint density at radius 1 is 0.949 bits per heavy atom. The van der Waals surface area contributed by atoms with Gasteiger partial charge in [-0.05, 0) is 42.7 Å². The number of benzene rings is 4. The number of carbonyl (C=O) groups excluding carboxylic acids is 1. The average Bonchev–Trinajstić information content (AvgIpc) is 3.39. The summed E-state index contributed by atoms with van der Waals surface area (Å²) >= 11 is 0. The number of nitrogens with one attached hydrogen (secondary N) is 1. The summed E-state index contributed by atoms with van der Waals surface area (Å²) < 4.78 is 16.3. The molecule has 1 aromatic heterocycles. The van der Waals surface area contributed by atoms with Gasteiger partial charge in [-0.1, -0.05) is 84.9 Å². The van der Waals surface area contributed by atoms with Gasteiger partial charge in [0.2, 0.25) is 0 Å². The van der Waals surface area contributed by atoms with E-state index >= 15 is 0 Å². The van der Waals surface area contributed by atoms with E-state index in [1.54, 1.807) is 15.5 Å². The number of amides is 2. The van der Waals surface area contributed by atoms with Crippen LogP contribution in [-0.4, -0.2) is 20.5 Å². The van der Waals surface area contributed by atoms with Gasteiger partial charge in [-0.25, -0.2) is 14.2 Å². The molecule has 1 N–H and O–H groups in total. The molecule has 7 heteroatoms. The van der Waals surface area contributed by atoms with Gasteiger partial charge in [-0.3, -0.25) is 9.36 Å². The molecular weight excluding hydrogens is 491 g/mol. The van der Waals surface area contributed by atoms with Crippen molar-refractivity contribution in [1.82, 2.24) is 14.5 Å². The lowest BCUT2D eigenvalue weighted by Gasteiger charge is -2.34. The van der Waals surface area contributed by atoms with E-state index in [0.717, 1.165) is 16.7 Å². The number of hydrogen-bond donors (Lipinski definition) is 1. The zero-order valence-corrected chi connectivity index (χ0v) is 21.4. The van der Waals surface area contributed by atoms with Crippen LogP contribution >= 0.6 is 0 Å². The third-order valence-electron chi connectivity index (χ3n) is 7.41. The van der Waals surface area contributed by atoms with Crippen molar-refractivity contribution in [1.29, 1.82) is 0 Å². The Morgan fingerprint density at radius 3 is 2.41 bits per heavy atom. The summed E-state index contributed by atoms with van der Waals surface area (Å²) in [5.74, 6) is -0.158. The fourth-order valence-corrected chi connectivity index (χ4v) is 5.46. The molecular formula is C32H27FN4O2. The normalized spacial score (nSPS) is 15.1. The van der Waals surface area contributed by atoms with Gasteiger partial charge in [-0.2, -0.15) is 0 Å². The number of carbonyl (C=O) groups is 1. The average molecular weight is 519 g/mol. The van der Waals surface area contributed by atoms with Crippen molar-refractivity contribution >= 4 is 22.6 Å². The van der Waals surface area contributed by atoms with Gasteiger partial charge < -0.3 is 10.2 Å². The van der Waals surface area contributed by atoms with Gasteiger partial charge in [0.05, 0.1) is 23.2 Å². The van der Waals surface area contributed by atoms with Crippen LogP contribution in [0.4, 0.5) is 14.9 Å². The van der Waals surface area contributed by atoms with Gasteiger partial charge in [0, 0.05) is 12.1 Å². The lowest BCUT2D eigenvalue weighted by molar-refractivity contribution is 0.159. The molecule has 2 unspecified atom stereocenters. The molecule has 194 valence electrons. The summed E-state index contributed by atoms with van der Waals surface area (Å²) in [5.41, 5.74) is 3.23. The van der Waals surface area contributed by atoms with E-state index in [2.05, 4.69) is 10.3 Å². The molecule has 0 aliphatic carbocycles. The van der Waals surface area contributed by atoms with Crippen LogP contribution in [0.2, 0.25) is 0 Å². The third-order valence-corrected chi connectivity index (χ3v) is 7.41. The number of rotatable bonds is 5. The van der Waals surface area contributed by atoms with Gasteiger partial charge >= 0.3 is 6.03 Å². The number of nitrogens with zero attached hydrogens (tertiary/aromatic N) is 3. The molecule has 1 aliphatic rings. The number of urea groups is 1. The van der Waals surface area contributed by atoms with Gasteiger partial charge in [0.25, 0.3) is 5.56 Å². The standard InChI is InChI=1S/C32H27FN4O2/c1-21(22-11-4-2-5-12-22)37(32(39)34-27-18-9-8-15-24(27)23-13-6-3-7-14-23)28-19-20-36-30(28)35-29-25(31(36)38)16-10-17-26(29)33/h2-18,21,28H,19-20H2,1H3,(H,34,39). The second-order valence-corrected chi connectivity index (χ2v) is 9.70. The number of aromatic nitrogens is 2. The lowest BCUT2D eigenvalue weighted by Crippen LogP contribution is -2.40. The predicted molar refractivity (Wildman–Crippen MR) is 151 cm³/mol. The molecule has 2 amide bonds. The summed E-state index contributed by atoms with van der Waals surface area (Å²) in [7, 11) is 0. The number of anilines is 1. The number of hydrogen-bond acceptors (Lipinski definition) is 3. The van der Waals surface area contributed by atoms with E-state index < -0.39 is 11.9 Å². The Kier molecular flexibility index (Phi) is 6.40. The van der Waals surface area contributed by atoms with E-state index in [1.807, 2.05) is 91.9 Å². The maximum Gasteiger partial charge on any atom is 0.322 e. The highest BCUT2D eigenvalue weighted by Gasteiger charge is 2.37. The summed E-state index contributed by atoms with van der Waals surface area (Å²) in [6, 6.07) is 30.5. The zero-order valence-electron chi connectivity index (χ0n) is 21.4. The Morgan fingerprint density at radius 2 is 1.64 bits per heavy atom. The second kappa shape index (κ2) is 10.2. The van der Waals surface area contributed by atoms with Crippen LogP contribution in [0.5, 0.6) is 0 Å². The molecule has 0 bridgehead atoms. The number of fused-ring (bicyclic) bond motifs is 2. The van der Waals surface area contributed by atoms with Crippen LogP contribution in [0.25, 0.3) is 22.0 Å². The topological polar surface area (TPSA) is 67.2 Å². The van der Waals surface area contributed by atoms with Gasteiger partial charge in [0.15, 0.2) is 0 Å². The lowest BCUT2D eigenvalue weighted by atomic mass is 10.0. The highest BCUT2D eigenvalue weighted by Crippen LogP contribution is 2.37. The number of para-hydroxylation sites is 2. The first-order valence-electron chi connectivity index (χ1n) is 13.0. The van der Waals surface area contributed by atoms with Gasteiger partial charge in [-0.15, -0.1) is 0 Å². The fraction of sp³-hybridized carbons (Fsp3) is 0.156. The summed E-state index contributed by atoms with van der Waals surface area (Å²) in [5, 5.41) is 3.37. The van der Waals surface area contributed by atoms with E-state index in [0.29, 0.717) is 24.5 Å². The minimum absolute atomic E-state index is 0.0304. The minimum atomic E-state index is -0.553. The summed E-state index contributed by atoms with van der Waals surface area (Å²) in [6.07, 6.45) is 0.491. The molecule has 4 aromatic carbocycles. The van der Waals surface area contributed by atoms with Crippen LogP contribution in [-0.2, 0) is 6.54 Å². The van der Waals surface area contributed by atoms with E-state index in [-0.39, 0.29) is 28.5 Å². The maximum atomic E-state index is 14.7. The van der Waals surface area contributed by atoms with Crippen LogP contribution in [0, 0.1) is 5.82 Å². The second-order valence-electron chi connectivity index (χ2n) is 9.70. The Labute approximate surface area is 225 Å². The van der Waals surface area contributed by atoms with Crippen LogP contribution in [0.3, 0.4) is 0 Å². The van der Waals surface area contributed by atoms with Crippen LogP contribution < -0.4 is 10.9 Å². The quantitative estimate of drug-likeness (QED) is 0.274. The van der Waals surface area contributed by atoms with Crippen molar-refractivity contribution < 1.29 is 9.18 Å². The fourth-order valence-electron chi connectivity index (χ4n) is 5.46. The molecule has 0 fully saturated rings. The molecule has 1 aliphatic heterocycles. The Bertz CT molecular complexity index is 1720. The molecule has 2 heterocycles. The van der Waals surface area contributed by atoms with Crippen molar-refractivity contribution in [3.63, 3.8) is 0 Å². The highest BCUT2D eigenvalue weighted by molar-refractivity contribution is 5.95. The largest absolute Gasteiger partial charge is 0.322 e. The molecule has 39 heavy (non-hydrogen) atoms. The number of halogens is 1. The smallest absolute Gasteiger partial charge is 0.308 e. The SMILES string of the molecule is CC(c1ccccc1)N(C(=O)Nc1ccccc1-c1ccccc1)C1CCn2c1nc1c(F)cccc1c2=O.